The molecule has 2 rings (SSSR count). The van der Waals surface area contributed by atoms with Crippen LogP contribution in [-0.2, 0) is 17.8 Å². The number of benzene rings is 1. The molecule has 0 bridgehead atoms. The number of hydrogen-bond acceptors (Lipinski definition) is 3. The lowest BCUT2D eigenvalue weighted by atomic mass is 10.2. The monoisotopic (exact) mass is 362 g/mol. The number of carbonyl (C=O) groups excluding carboxylic acids is 2. The molecule has 4 nitrogen and oxygen atoms in total. The van der Waals surface area contributed by atoms with Crippen LogP contribution in [0.3, 0.4) is 0 Å². The van der Waals surface area contributed by atoms with Crippen LogP contribution in [0, 0.1) is 12.7 Å². The van der Waals surface area contributed by atoms with Crippen molar-refractivity contribution in [2.45, 2.75) is 33.7 Å². The molecule has 0 fully saturated rings. The Morgan fingerprint density at radius 1 is 1.20 bits per heavy atom. The van der Waals surface area contributed by atoms with Crippen LogP contribution >= 0.6 is 11.3 Å². The molecule has 0 atom stereocenters. The molecule has 0 aliphatic heterocycles. The van der Waals surface area contributed by atoms with Crippen LogP contribution in [0.5, 0.6) is 0 Å². The number of likely N-dealkylation sites (N-methyl/N-ethyl adjacent to an activating group) is 1. The Kier molecular flexibility index (Phi) is 6.70. The van der Waals surface area contributed by atoms with Gasteiger partial charge in [-0.2, -0.15) is 0 Å². The number of nitrogens with zero attached hydrogens (tertiary/aromatic N) is 1. The van der Waals surface area contributed by atoms with Gasteiger partial charge in [0.1, 0.15) is 5.82 Å². The topological polar surface area (TPSA) is 49.4 Å². The molecule has 0 aliphatic rings. The number of thiophene rings is 1. The maximum absolute atomic E-state index is 12.9. The highest BCUT2D eigenvalue weighted by Gasteiger charge is 2.20. The van der Waals surface area contributed by atoms with Gasteiger partial charge in [-0.3, -0.25) is 9.59 Å². The summed E-state index contributed by atoms with van der Waals surface area (Å²) in [6.07, 6.45) is 0.889. The molecule has 0 radical (unpaired) electrons. The third-order valence-electron chi connectivity index (χ3n) is 4.02. The summed E-state index contributed by atoms with van der Waals surface area (Å²) < 4.78 is 12.9. The first-order chi connectivity index (χ1) is 11.9. The zero-order valence-electron chi connectivity index (χ0n) is 14.8. The van der Waals surface area contributed by atoms with Gasteiger partial charge in [-0.05, 0) is 49.6 Å². The molecular formula is C19H23FN2O2S. The van der Waals surface area contributed by atoms with Crippen molar-refractivity contribution in [3.63, 3.8) is 0 Å². The van der Waals surface area contributed by atoms with Crippen LogP contribution in [0.25, 0.3) is 0 Å². The molecule has 25 heavy (non-hydrogen) atoms. The lowest BCUT2D eigenvalue weighted by Gasteiger charge is -2.19. The van der Waals surface area contributed by atoms with Crippen molar-refractivity contribution in [2.75, 3.05) is 13.1 Å². The number of amides is 2. The highest BCUT2D eigenvalue weighted by molar-refractivity contribution is 7.14. The number of nitrogens with one attached hydrogen (secondary N) is 1. The van der Waals surface area contributed by atoms with E-state index in [1.165, 1.54) is 33.9 Å². The van der Waals surface area contributed by atoms with Gasteiger partial charge in [0.15, 0.2) is 0 Å². The first kappa shape index (κ1) is 19.1. The molecule has 0 saturated carbocycles. The first-order valence-corrected chi connectivity index (χ1v) is 9.16. The minimum Gasteiger partial charge on any atom is -0.350 e. The predicted octanol–water partition coefficient (Wildman–Crippen LogP) is 3.54. The van der Waals surface area contributed by atoms with Crippen molar-refractivity contribution in [3.8, 4) is 0 Å². The van der Waals surface area contributed by atoms with E-state index in [0.29, 0.717) is 18.0 Å². The standard InChI is InChI=1S/C19H23FN2O2S/c1-4-15-10-17(25-13(15)3)19(24)22(5-2)12-18(23)21-11-14-6-8-16(20)9-7-14/h6-10H,4-5,11-12H2,1-3H3,(H,21,23). The average molecular weight is 362 g/mol. The van der Waals surface area contributed by atoms with Crippen LogP contribution < -0.4 is 5.32 Å². The van der Waals surface area contributed by atoms with Gasteiger partial charge < -0.3 is 10.2 Å². The fourth-order valence-corrected chi connectivity index (χ4v) is 3.57. The molecule has 1 aromatic heterocycles. The van der Waals surface area contributed by atoms with E-state index in [1.807, 2.05) is 19.9 Å². The fraction of sp³-hybridized carbons (Fsp3) is 0.368. The molecule has 2 aromatic rings. The molecular weight excluding hydrogens is 339 g/mol. The third kappa shape index (κ3) is 5.13. The van der Waals surface area contributed by atoms with Crippen molar-refractivity contribution in [1.82, 2.24) is 10.2 Å². The Morgan fingerprint density at radius 3 is 2.44 bits per heavy atom. The maximum Gasteiger partial charge on any atom is 0.264 e. The minimum absolute atomic E-state index is 0.00886. The number of halogens is 1. The summed E-state index contributed by atoms with van der Waals surface area (Å²) in [7, 11) is 0. The van der Waals surface area contributed by atoms with E-state index in [9.17, 15) is 14.0 Å². The van der Waals surface area contributed by atoms with E-state index in [-0.39, 0.29) is 24.2 Å². The second-order valence-electron chi connectivity index (χ2n) is 5.77. The number of aryl methyl sites for hydroxylation is 2. The normalized spacial score (nSPS) is 10.6. The Morgan fingerprint density at radius 2 is 1.88 bits per heavy atom. The van der Waals surface area contributed by atoms with Gasteiger partial charge in [0.2, 0.25) is 5.91 Å². The quantitative estimate of drug-likeness (QED) is 0.819. The molecule has 6 heteroatoms. The Hall–Kier alpha value is -2.21. The van der Waals surface area contributed by atoms with Crippen LogP contribution in [0.15, 0.2) is 30.3 Å². The van der Waals surface area contributed by atoms with Gasteiger partial charge >= 0.3 is 0 Å². The van der Waals surface area contributed by atoms with Gasteiger partial charge in [-0.25, -0.2) is 4.39 Å². The summed E-state index contributed by atoms with van der Waals surface area (Å²) in [5, 5.41) is 2.77. The molecule has 0 aliphatic carbocycles. The number of carbonyl (C=O) groups is 2. The summed E-state index contributed by atoms with van der Waals surface area (Å²) in [6.45, 7) is 6.70. The summed E-state index contributed by atoms with van der Waals surface area (Å²) in [5.41, 5.74) is 1.98. The molecule has 0 unspecified atom stereocenters. The number of hydrogen-bond donors (Lipinski definition) is 1. The smallest absolute Gasteiger partial charge is 0.264 e. The van der Waals surface area contributed by atoms with Crippen molar-refractivity contribution >= 4 is 23.2 Å². The zero-order valence-corrected chi connectivity index (χ0v) is 15.6. The van der Waals surface area contributed by atoms with Crippen molar-refractivity contribution in [3.05, 3.63) is 57.0 Å². The van der Waals surface area contributed by atoms with E-state index in [4.69, 9.17) is 0 Å². The van der Waals surface area contributed by atoms with E-state index in [0.717, 1.165) is 16.9 Å². The fourth-order valence-electron chi connectivity index (χ4n) is 2.49. The average Bonchev–Trinajstić information content (AvgIpc) is 2.99. The van der Waals surface area contributed by atoms with Crippen molar-refractivity contribution in [2.24, 2.45) is 0 Å². The molecule has 0 saturated heterocycles. The summed E-state index contributed by atoms with van der Waals surface area (Å²) in [6, 6.07) is 7.88. The summed E-state index contributed by atoms with van der Waals surface area (Å²) in [5.74, 6) is -0.661. The molecule has 134 valence electrons. The molecule has 2 amide bonds. The lowest BCUT2D eigenvalue weighted by Crippen LogP contribution is -2.40. The Labute approximate surface area is 151 Å². The van der Waals surface area contributed by atoms with Crippen LogP contribution in [0.2, 0.25) is 0 Å². The Balaban J connectivity index is 1.94. The molecule has 1 heterocycles. The number of rotatable bonds is 7. The van der Waals surface area contributed by atoms with Gasteiger partial charge in [0.05, 0.1) is 11.4 Å². The predicted molar refractivity (Wildman–Crippen MR) is 98.3 cm³/mol. The summed E-state index contributed by atoms with van der Waals surface area (Å²) >= 11 is 1.47. The molecule has 1 N–H and O–H groups in total. The summed E-state index contributed by atoms with van der Waals surface area (Å²) in [4.78, 5) is 28.1. The van der Waals surface area contributed by atoms with Crippen LogP contribution in [0.4, 0.5) is 4.39 Å². The van der Waals surface area contributed by atoms with E-state index < -0.39 is 0 Å². The largest absolute Gasteiger partial charge is 0.350 e. The van der Waals surface area contributed by atoms with Crippen LogP contribution in [-0.4, -0.2) is 29.8 Å². The SMILES string of the molecule is CCc1cc(C(=O)N(CC)CC(=O)NCc2ccc(F)cc2)sc1C. The minimum atomic E-state index is -0.310. The van der Waals surface area contributed by atoms with Gasteiger partial charge in [0.25, 0.3) is 5.91 Å². The van der Waals surface area contributed by atoms with Gasteiger partial charge in [-0.1, -0.05) is 19.1 Å². The second-order valence-corrected chi connectivity index (χ2v) is 7.02. The third-order valence-corrected chi connectivity index (χ3v) is 5.10. The zero-order chi connectivity index (χ0) is 18.4. The molecule has 0 spiro atoms. The van der Waals surface area contributed by atoms with Crippen molar-refractivity contribution in [1.29, 1.82) is 0 Å². The first-order valence-electron chi connectivity index (χ1n) is 8.34. The van der Waals surface area contributed by atoms with E-state index >= 15 is 0 Å². The van der Waals surface area contributed by atoms with E-state index in [1.54, 1.807) is 12.1 Å². The maximum atomic E-state index is 12.9. The van der Waals surface area contributed by atoms with Gasteiger partial charge in [-0.15, -0.1) is 11.3 Å². The van der Waals surface area contributed by atoms with E-state index in [2.05, 4.69) is 12.2 Å². The second kappa shape index (κ2) is 8.76. The molecule has 1 aromatic carbocycles. The van der Waals surface area contributed by atoms with Crippen LogP contribution in [0.1, 0.15) is 39.5 Å². The lowest BCUT2D eigenvalue weighted by molar-refractivity contribution is -0.121. The highest BCUT2D eigenvalue weighted by atomic mass is 32.1. The highest BCUT2D eigenvalue weighted by Crippen LogP contribution is 2.23. The van der Waals surface area contributed by atoms with Gasteiger partial charge in [0, 0.05) is 18.0 Å². The van der Waals surface area contributed by atoms with Crippen molar-refractivity contribution < 1.29 is 14.0 Å². The Bertz CT molecular complexity index is 740.